The number of benzene rings is 1. The fourth-order valence-corrected chi connectivity index (χ4v) is 3.32. The van der Waals surface area contributed by atoms with Gasteiger partial charge in [-0.3, -0.25) is 9.89 Å². The molecule has 0 atom stereocenters. The van der Waals surface area contributed by atoms with Gasteiger partial charge in [0.15, 0.2) is 5.82 Å². The van der Waals surface area contributed by atoms with Crippen molar-refractivity contribution >= 4 is 23.3 Å². The number of methoxy groups -OCH3 is 1. The van der Waals surface area contributed by atoms with Gasteiger partial charge in [-0.25, -0.2) is 0 Å². The second kappa shape index (κ2) is 9.73. The second-order valence-corrected chi connectivity index (χ2v) is 6.88. The minimum Gasteiger partial charge on any atom is -0.495 e. The number of rotatable bonds is 7. The summed E-state index contributed by atoms with van der Waals surface area (Å²) >= 11 is 6.16. The van der Waals surface area contributed by atoms with E-state index in [0.717, 1.165) is 56.9 Å². The molecule has 7 nitrogen and oxygen atoms in total. The van der Waals surface area contributed by atoms with Crippen LogP contribution >= 0.6 is 11.6 Å². The lowest BCUT2D eigenvalue weighted by Gasteiger charge is -2.18. The van der Waals surface area contributed by atoms with Crippen LogP contribution in [0.4, 0.5) is 5.82 Å². The highest BCUT2D eigenvalue weighted by atomic mass is 35.5. The number of ether oxygens (including phenoxy) is 2. The molecule has 0 radical (unpaired) electrons. The molecule has 0 saturated carbocycles. The molecule has 27 heavy (non-hydrogen) atoms. The maximum absolute atomic E-state index is 12.2. The molecule has 2 aromatic rings. The minimum atomic E-state index is -0.0353. The summed E-state index contributed by atoms with van der Waals surface area (Å²) in [6.45, 7) is 4.49. The largest absolute Gasteiger partial charge is 0.495 e. The van der Waals surface area contributed by atoms with E-state index in [1.54, 1.807) is 25.3 Å². The van der Waals surface area contributed by atoms with Gasteiger partial charge in [-0.05, 0) is 37.6 Å². The first-order valence-corrected chi connectivity index (χ1v) is 9.53. The molecule has 2 heterocycles. The molecule has 0 aliphatic carbocycles. The number of nitrogens with one attached hydrogen (secondary N) is 2. The van der Waals surface area contributed by atoms with Gasteiger partial charge in [-0.1, -0.05) is 11.6 Å². The Labute approximate surface area is 164 Å². The lowest BCUT2D eigenvalue weighted by atomic mass is 10.1. The van der Waals surface area contributed by atoms with Crippen LogP contribution in [0.5, 0.6) is 5.75 Å². The van der Waals surface area contributed by atoms with E-state index in [2.05, 4.69) is 20.4 Å². The molecule has 0 unspecified atom stereocenters. The molecular formula is C19H25ClN4O3. The van der Waals surface area contributed by atoms with Gasteiger partial charge >= 0.3 is 0 Å². The summed E-state index contributed by atoms with van der Waals surface area (Å²) in [5, 5.41) is 10.4. The summed E-state index contributed by atoms with van der Waals surface area (Å²) in [6, 6.07) is 7.27. The second-order valence-electron chi connectivity index (χ2n) is 6.48. The van der Waals surface area contributed by atoms with Crippen molar-refractivity contribution in [2.75, 3.05) is 45.3 Å². The molecule has 146 valence electrons. The van der Waals surface area contributed by atoms with Gasteiger partial charge in [0, 0.05) is 37.7 Å². The van der Waals surface area contributed by atoms with Crippen molar-refractivity contribution < 1.29 is 14.3 Å². The number of halogens is 1. The van der Waals surface area contributed by atoms with E-state index in [0.29, 0.717) is 23.0 Å². The lowest BCUT2D eigenvalue weighted by Crippen LogP contribution is -2.28. The highest BCUT2D eigenvalue weighted by Crippen LogP contribution is 2.30. The third-order valence-electron chi connectivity index (χ3n) is 4.50. The van der Waals surface area contributed by atoms with Crippen LogP contribution in [0.3, 0.4) is 0 Å². The molecule has 0 bridgehead atoms. The van der Waals surface area contributed by atoms with Crippen LogP contribution in [0.25, 0.3) is 11.3 Å². The third kappa shape index (κ3) is 5.69. The molecule has 3 rings (SSSR count). The summed E-state index contributed by atoms with van der Waals surface area (Å²) in [6.07, 6.45) is 2.34. The van der Waals surface area contributed by atoms with Crippen molar-refractivity contribution in [2.24, 2.45) is 0 Å². The van der Waals surface area contributed by atoms with Crippen LogP contribution in [-0.4, -0.2) is 61.0 Å². The normalized spacial score (nSPS) is 15.3. The number of nitrogens with zero attached hydrogens (tertiary/aromatic N) is 2. The number of hydrogen-bond acceptors (Lipinski definition) is 5. The van der Waals surface area contributed by atoms with Gasteiger partial charge in [-0.15, -0.1) is 0 Å². The smallest absolute Gasteiger partial charge is 0.225 e. The Morgan fingerprint density at radius 2 is 2.26 bits per heavy atom. The zero-order valence-electron chi connectivity index (χ0n) is 15.5. The average Bonchev–Trinajstić information content (AvgIpc) is 2.96. The topological polar surface area (TPSA) is 79.5 Å². The molecule has 1 aromatic heterocycles. The fourth-order valence-electron chi connectivity index (χ4n) is 3.06. The van der Waals surface area contributed by atoms with Gasteiger partial charge < -0.3 is 19.7 Å². The number of aromatic nitrogens is 2. The maximum Gasteiger partial charge on any atom is 0.225 e. The fraction of sp³-hybridized carbons (Fsp3) is 0.474. The summed E-state index contributed by atoms with van der Waals surface area (Å²) in [5.41, 5.74) is 1.65. The summed E-state index contributed by atoms with van der Waals surface area (Å²) in [5.74, 6) is 1.08. The maximum atomic E-state index is 12.2. The first-order valence-electron chi connectivity index (χ1n) is 9.15. The summed E-state index contributed by atoms with van der Waals surface area (Å²) < 4.78 is 10.6. The highest BCUT2D eigenvalue weighted by Gasteiger charge is 2.12. The molecule has 8 heteroatoms. The van der Waals surface area contributed by atoms with Gasteiger partial charge in [0.25, 0.3) is 0 Å². The molecule has 1 amide bonds. The Balaban J connectivity index is 1.48. The third-order valence-corrected chi connectivity index (χ3v) is 4.80. The van der Waals surface area contributed by atoms with Crippen LogP contribution in [0, 0.1) is 0 Å². The number of aromatic amines is 1. The van der Waals surface area contributed by atoms with E-state index in [1.807, 2.05) is 6.07 Å². The van der Waals surface area contributed by atoms with E-state index in [-0.39, 0.29) is 5.91 Å². The van der Waals surface area contributed by atoms with Gasteiger partial charge in [-0.2, -0.15) is 5.10 Å². The Bertz CT molecular complexity index is 757. The zero-order chi connectivity index (χ0) is 19.1. The van der Waals surface area contributed by atoms with Crippen molar-refractivity contribution in [1.82, 2.24) is 15.1 Å². The summed E-state index contributed by atoms with van der Waals surface area (Å²) in [4.78, 5) is 14.5. The Morgan fingerprint density at radius 3 is 3.07 bits per heavy atom. The first kappa shape index (κ1) is 19.7. The summed E-state index contributed by atoms with van der Waals surface area (Å²) in [7, 11) is 1.57. The average molecular weight is 393 g/mol. The molecule has 0 spiro atoms. The standard InChI is InChI=1S/C19H25ClN4O3/c1-26-17-6-5-14(12-15(17)20)16-13-18(23-22-16)21-19(25)4-2-7-24-8-3-10-27-11-9-24/h5-6,12-13H,2-4,7-11H2,1H3,(H2,21,22,23,25). The Hall–Kier alpha value is -2.09. The Morgan fingerprint density at radius 1 is 1.37 bits per heavy atom. The zero-order valence-corrected chi connectivity index (χ0v) is 16.2. The SMILES string of the molecule is COc1ccc(-c2cc(NC(=O)CCCN3CCCOCC3)n[nH]2)cc1Cl. The van der Waals surface area contributed by atoms with E-state index >= 15 is 0 Å². The number of carbonyl (C=O) groups is 1. The minimum absolute atomic E-state index is 0.0353. The molecule has 2 N–H and O–H groups in total. The Kier molecular flexibility index (Phi) is 7.09. The quantitative estimate of drug-likeness (QED) is 0.756. The van der Waals surface area contributed by atoms with Crippen LogP contribution < -0.4 is 10.1 Å². The molecule has 1 aromatic carbocycles. The van der Waals surface area contributed by atoms with Gasteiger partial charge in [0.1, 0.15) is 5.75 Å². The number of carbonyl (C=O) groups excluding carboxylic acids is 1. The van der Waals surface area contributed by atoms with Crippen molar-refractivity contribution in [3.63, 3.8) is 0 Å². The first-order chi connectivity index (χ1) is 13.2. The predicted molar refractivity (Wildman–Crippen MR) is 105 cm³/mol. The molecular weight excluding hydrogens is 368 g/mol. The van der Waals surface area contributed by atoms with E-state index in [4.69, 9.17) is 21.1 Å². The monoisotopic (exact) mass is 392 g/mol. The number of hydrogen-bond donors (Lipinski definition) is 2. The highest BCUT2D eigenvalue weighted by molar-refractivity contribution is 6.32. The van der Waals surface area contributed by atoms with Gasteiger partial charge in [0.05, 0.1) is 24.4 Å². The van der Waals surface area contributed by atoms with Crippen LogP contribution in [-0.2, 0) is 9.53 Å². The molecule has 1 aliphatic rings. The van der Waals surface area contributed by atoms with Crippen molar-refractivity contribution in [2.45, 2.75) is 19.3 Å². The molecule has 1 fully saturated rings. The molecule has 1 saturated heterocycles. The number of H-pyrrole nitrogens is 1. The van der Waals surface area contributed by atoms with Crippen LogP contribution in [0.1, 0.15) is 19.3 Å². The van der Waals surface area contributed by atoms with Crippen molar-refractivity contribution in [3.05, 3.63) is 29.3 Å². The van der Waals surface area contributed by atoms with Crippen molar-refractivity contribution in [1.29, 1.82) is 0 Å². The van der Waals surface area contributed by atoms with Crippen molar-refractivity contribution in [3.8, 4) is 17.0 Å². The van der Waals surface area contributed by atoms with Crippen LogP contribution in [0.2, 0.25) is 5.02 Å². The predicted octanol–water partition coefficient (Wildman–Crippen LogP) is 3.18. The van der Waals surface area contributed by atoms with E-state index in [9.17, 15) is 4.79 Å². The van der Waals surface area contributed by atoms with E-state index < -0.39 is 0 Å². The van der Waals surface area contributed by atoms with E-state index in [1.165, 1.54) is 0 Å². The number of amides is 1. The van der Waals surface area contributed by atoms with Crippen LogP contribution in [0.15, 0.2) is 24.3 Å². The molecule has 1 aliphatic heterocycles. The van der Waals surface area contributed by atoms with Gasteiger partial charge in [0.2, 0.25) is 5.91 Å². The number of anilines is 1. The lowest BCUT2D eigenvalue weighted by molar-refractivity contribution is -0.116.